The van der Waals surface area contributed by atoms with E-state index in [1.165, 1.54) is 32.3 Å². The topological polar surface area (TPSA) is 160 Å². The lowest BCUT2D eigenvalue weighted by Gasteiger charge is -2.30. The van der Waals surface area contributed by atoms with Gasteiger partial charge in [-0.15, -0.1) is 0 Å². The van der Waals surface area contributed by atoms with Gasteiger partial charge in [-0.2, -0.15) is 27.8 Å². The maximum absolute atomic E-state index is 14.4. The Labute approximate surface area is 292 Å². The van der Waals surface area contributed by atoms with E-state index < -0.39 is 53.1 Å². The third-order valence-electron chi connectivity index (χ3n) is 9.32. The molecule has 3 N–H and O–H groups in total. The number of hydrogen-bond acceptors (Lipinski definition) is 9. The number of amides is 3. The van der Waals surface area contributed by atoms with E-state index in [2.05, 4.69) is 15.7 Å². The number of allylic oxidation sites excluding steroid dienone is 1. The first kappa shape index (κ1) is 34.6. The summed E-state index contributed by atoms with van der Waals surface area (Å²) in [6.45, 7) is 5.14. The Morgan fingerprint density at radius 1 is 1.08 bits per heavy atom. The fourth-order valence-electron chi connectivity index (χ4n) is 6.75. The van der Waals surface area contributed by atoms with Crippen molar-refractivity contribution >= 4 is 46.6 Å². The van der Waals surface area contributed by atoms with Crippen LogP contribution >= 0.6 is 22.7 Å². The molecule has 14 heteroatoms. The summed E-state index contributed by atoms with van der Waals surface area (Å²) in [6, 6.07) is 0.988. The van der Waals surface area contributed by atoms with Crippen molar-refractivity contribution in [3.8, 4) is 22.3 Å². The lowest BCUT2D eigenvalue weighted by Crippen LogP contribution is -2.56. The zero-order valence-electron chi connectivity index (χ0n) is 27.7. The molecule has 0 bridgehead atoms. The second kappa shape index (κ2) is 13.9. The molecule has 1 saturated heterocycles. The largest absolute Gasteiger partial charge is 0.479 e. The number of carbonyl (C=O) groups excluding carboxylic acids is 3. The zero-order chi connectivity index (χ0) is 34.9. The predicted octanol–water partition coefficient (Wildman–Crippen LogP) is 5.22. The predicted molar refractivity (Wildman–Crippen MR) is 186 cm³/mol. The fourth-order valence-corrected chi connectivity index (χ4v) is 8.06. The standard InChI is InChI=1S/C35H41N5O7S2/c1-34(2,3)47-33(46)37-26-10-8-6-4-5-7-9-23-16-35(23,32(44)45)38-29(41)27-15-24(18-39(27)30(26)42)40-31(43)28(22-12-14-49-20-22)25(17-36-40)21-11-13-48-19-21/h7,9,11-14,17,19-20,23-24,26-27H,4-6,8,10,15-16,18H2,1-3H3,(H,37,46)(H,38,41)(H,44,45)/b9-7-/t23-,24+,26+,27+,35-/m1/s1. The van der Waals surface area contributed by atoms with Crippen molar-refractivity contribution in [2.75, 3.05) is 6.54 Å². The van der Waals surface area contributed by atoms with Gasteiger partial charge in [0.25, 0.3) is 5.56 Å². The molecule has 0 radical (unpaired) electrons. The Morgan fingerprint density at radius 2 is 1.82 bits per heavy atom. The van der Waals surface area contributed by atoms with Crippen LogP contribution in [0, 0.1) is 5.92 Å². The molecule has 12 nitrogen and oxygen atoms in total. The Kier molecular flexibility index (Phi) is 9.81. The van der Waals surface area contributed by atoms with Gasteiger partial charge in [0.2, 0.25) is 11.8 Å². The zero-order valence-corrected chi connectivity index (χ0v) is 29.4. The third kappa shape index (κ3) is 7.35. The Balaban J connectivity index is 1.38. The van der Waals surface area contributed by atoms with Crippen molar-refractivity contribution in [2.45, 2.75) is 95.0 Å². The lowest BCUT2D eigenvalue weighted by molar-refractivity contribution is -0.145. The number of ether oxygens (including phenoxy) is 1. The molecule has 0 spiro atoms. The molecule has 6 rings (SSSR count). The smallest absolute Gasteiger partial charge is 0.408 e. The Morgan fingerprint density at radius 3 is 2.49 bits per heavy atom. The minimum absolute atomic E-state index is 0.0285. The quantitative estimate of drug-likeness (QED) is 0.305. The maximum Gasteiger partial charge on any atom is 0.408 e. The highest BCUT2D eigenvalue weighted by atomic mass is 32.1. The van der Waals surface area contributed by atoms with Gasteiger partial charge in [0.05, 0.1) is 17.8 Å². The summed E-state index contributed by atoms with van der Waals surface area (Å²) in [7, 11) is 0. The molecule has 5 atom stereocenters. The first-order valence-electron chi connectivity index (χ1n) is 16.6. The molecule has 2 aliphatic heterocycles. The normalized spacial score (nSPS) is 26.8. The van der Waals surface area contributed by atoms with E-state index in [4.69, 9.17) is 4.74 Å². The van der Waals surface area contributed by atoms with Gasteiger partial charge in [-0.1, -0.05) is 25.0 Å². The molecule has 0 aromatic carbocycles. The summed E-state index contributed by atoms with van der Waals surface area (Å²) in [5, 5.41) is 27.9. The first-order chi connectivity index (χ1) is 23.4. The summed E-state index contributed by atoms with van der Waals surface area (Å²) >= 11 is 2.97. The molecule has 0 unspecified atom stereocenters. The number of thiophene rings is 2. The number of fused-ring (bicyclic) bond motifs is 2. The SMILES string of the molecule is CC(C)(C)OC(=O)N[C@H]1CCCCC/C=C\[C@@H]2C[C@@]2(C(=O)O)NC(=O)[C@@H]2C[C@H](n3ncc(-c4ccsc4)c(-c4ccsc4)c3=O)CN2C1=O. The number of nitrogens with one attached hydrogen (secondary N) is 2. The van der Waals surface area contributed by atoms with Gasteiger partial charge in [-0.05, 0) is 91.2 Å². The van der Waals surface area contributed by atoms with E-state index in [9.17, 15) is 29.1 Å². The fraction of sp³-hybridized carbons (Fsp3) is 0.486. The molecule has 2 fully saturated rings. The highest BCUT2D eigenvalue weighted by Crippen LogP contribution is 2.45. The second-order valence-corrected chi connectivity index (χ2v) is 15.5. The first-order valence-corrected chi connectivity index (χ1v) is 18.5. The summed E-state index contributed by atoms with van der Waals surface area (Å²) in [4.78, 5) is 69.5. The number of carbonyl (C=O) groups is 4. The van der Waals surface area contributed by atoms with Crippen LogP contribution in [0.4, 0.5) is 4.79 Å². The molecular weight excluding hydrogens is 667 g/mol. The summed E-state index contributed by atoms with van der Waals surface area (Å²) in [5.41, 5.74) is 0.122. The summed E-state index contributed by atoms with van der Waals surface area (Å²) < 4.78 is 6.81. The molecule has 3 aliphatic rings. The Hall–Kier alpha value is -4.30. The van der Waals surface area contributed by atoms with Crippen LogP contribution in [0.1, 0.15) is 71.8 Å². The number of carboxylic acids is 1. The third-order valence-corrected chi connectivity index (χ3v) is 10.7. The molecule has 260 valence electrons. The van der Waals surface area contributed by atoms with Gasteiger partial charge in [0.15, 0.2) is 0 Å². The Bertz CT molecular complexity index is 1800. The van der Waals surface area contributed by atoms with Gasteiger partial charge < -0.3 is 25.4 Å². The van der Waals surface area contributed by atoms with Gasteiger partial charge in [-0.25, -0.2) is 14.3 Å². The van der Waals surface area contributed by atoms with Crippen LogP contribution in [0.3, 0.4) is 0 Å². The number of alkyl carbamates (subject to hydrolysis) is 1. The van der Waals surface area contributed by atoms with Crippen molar-refractivity contribution in [1.82, 2.24) is 25.3 Å². The van der Waals surface area contributed by atoms with Crippen LogP contribution in [0.25, 0.3) is 22.3 Å². The minimum atomic E-state index is -1.47. The average molecular weight is 708 g/mol. The molecule has 3 aromatic rings. The molecule has 3 amide bonds. The van der Waals surface area contributed by atoms with Crippen molar-refractivity contribution < 1.29 is 29.0 Å². The van der Waals surface area contributed by atoms with Crippen molar-refractivity contribution in [3.63, 3.8) is 0 Å². The second-order valence-electron chi connectivity index (χ2n) is 13.9. The van der Waals surface area contributed by atoms with Crippen LogP contribution in [-0.4, -0.2) is 73.4 Å². The molecule has 49 heavy (non-hydrogen) atoms. The van der Waals surface area contributed by atoms with E-state index in [0.717, 1.165) is 30.4 Å². The lowest BCUT2D eigenvalue weighted by atomic mass is 10.0. The van der Waals surface area contributed by atoms with E-state index in [0.29, 0.717) is 24.0 Å². The highest BCUT2D eigenvalue weighted by molar-refractivity contribution is 7.08. The van der Waals surface area contributed by atoms with E-state index in [-0.39, 0.29) is 30.9 Å². The van der Waals surface area contributed by atoms with Crippen molar-refractivity contribution in [2.24, 2.45) is 5.92 Å². The van der Waals surface area contributed by atoms with Crippen LogP contribution in [-0.2, 0) is 19.1 Å². The molecule has 1 saturated carbocycles. The monoisotopic (exact) mass is 707 g/mol. The molecule has 1 aliphatic carbocycles. The molecular formula is C35H41N5O7S2. The van der Waals surface area contributed by atoms with Gasteiger partial charge in [0, 0.05) is 24.4 Å². The van der Waals surface area contributed by atoms with Crippen LogP contribution in [0.5, 0.6) is 0 Å². The molecule has 3 aromatic heterocycles. The van der Waals surface area contributed by atoms with Gasteiger partial charge in [0.1, 0.15) is 23.2 Å². The average Bonchev–Trinajstić information content (AvgIpc) is 3.56. The van der Waals surface area contributed by atoms with Gasteiger partial charge in [-0.3, -0.25) is 14.4 Å². The summed E-state index contributed by atoms with van der Waals surface area (Å²) in [6.07, 6.45) is 8.24. The minimum Gasteiger partial charge on any atom is -0.479 e. The van der Waals surface area contributed by atoms with Crippen LogP contribution in [0.2, 0.25) is 0 Å². The van der Waals surface area contributed by atoms with E-state index >= 15 is 0 Å². The van der Waals surface area contributed by atoms with Crippen LogP contribution in [0.15, 0.2) is 56.8 Å². The van der Waals surface area contributed by atoms with E-state index in [1.54, 1.807) is 27.0 Å². The maximum atomic E-state index is 14.4. The van der Waals surface area contributed by atoms with Crippen molar-refractivity contribution in [3.05, 3.63) is 62.4 Å². The van der Waals surface area contributed by atoms with Gasteiger partial charge >= 0.3 is 12.1 Å². The summed E-state index contributed by atoms with van der Waals surface area (Å²) in [5.74, 6) is -2.64. The van der Waals surface area contributed by atoms with Crippen molar-refractivity contribution in [1.29, 1.82) is 0 Å². The number of carboxylic acid groups (broad SMARTS) is 1. The number of hydrogen-bond donors (Lipinski definition) is 3. The number of nitrogens with zero attached hydrogens (tertiary/aromatic N) is 3. The van der Waals surface area contributed by atoms with E-state index in [1.807, 2.05) is 45.8 Å². The number of aromatic nitrogens is 2. The highest BCUT2D eigenvalue weighted by Gasteiger charge is 2.61. The number of rotatable bonds is 5. The number of aliphatic carboxylic acids is 1. The van der Waals surface area contributed by atoms with Crippen LogP contribution < -0.4 is 16.2 Å². The molecule has 5 heterocycles.